The lowest BCUT2D eigenvalue weighted by atomic mass is 10.2. The van der Waals surface area contributed by atoms with Gasteiger partial charge in [0.05, 0.1) is 5.69 Å². The molecule has 19 heavy (non-hydrogen) atoms. The first-order valence-electron chi connectivity index (χ1n) is 5.95. The van der Waals surface area contributed by atoms with Crippen molar-refractivity contribution in [3.05, 3.63) is 30.3 Å². The zero-order chi connectivity index (χ0) is 13.7. The fraction of sp³-hybridized carbons (Fsp3) is 0.333. The van der Waals surface area contributed by atoms with Crippen LogP contribution in [0.15, 0.2) is 35.5 Å². The summed E-state index contributed by atoms with van der Waals surface area (Å²) in [4.78, 5) is 11.2. The first-order chi connectivity index (χ1) is 9.22. The Balaban J connectivity index is 2.22. The van der Waals surface area contributed by atoms with Gasteiger partial charge in [0.25, 0.3) is 0 Å². The van der Waals surface area contributed by atoms with Gasteiger partial charge in [0.15, 0.2) is 0 Å². The molecular formula is C12H14N4O2S. The average Bonchev–Trinajstić information content (AvgIpc) is 2.87. The van der Waals surface area contributed by atoms with E-state index >= 15 is 0 Å². The summed E-state index contributed by atoms with van der Waals surface area (Å²) >= 11 is 1.18. The van der Waals surface area contributed by atoms with E-state index in [1.54, 1.807) is 4.68 Å². The van der Waals surface area contributed by atoms with Crippen LogP contribution in [0.2, 0.25) is 0 Å². The minimum Gasteiger partial charge on any atom is -0.480 e. The minimum absolute atomic E-state index is 0.493. The van der Waals surface area contributed by atoms with Crippen LogP contribution in [0, 0.1) is 0 Å². The van der Waals surface area contributed by atoms with Crippen molar-refractivity contribution in [2.24, 2.45) is 0 Å². The van der Waals surface area contributed by atoms with Crippen molar-refractivity contribution in [3.8, 4) is 5.69 Å². The fourth-order valence-corrected chi connectivity index (χ4v) is 2.64. The quantitative estimate of drug-likeness (QED) is 0.814. The first-order valence-corrected chi connectivity index (χ1v) is 6.83. The van der Waals surface area contributed by atoms with Gasteiger partial charge in [-0.1, -0.05) is 43.3 Å². The van der Waals surface area contributed by atoms with Gasteiger partial charge in [-0.15, -0.1) is 5.10 Å². The average molecular weight is 278 g/mol. The maximum Gasteiger partial charge on any atom is 0.317 e. The van der Waals surface area contributed by atoms with Crippen LogP contribution in [-0.2, 0) is 4.79 Å². The lowest BCUT2D eigenvalue weighted by molar-refractivity contribution is -0.136. The van der Waals surface area contributed by atoms with Gasteiger partial charge in [-0.25, -0.2) is 0 Å². The Morgan fingerprint density at radius 2 is 2.16 bits per heavy atom. The Kier molecular flexibility index (Phi) is 4.51. The molecule has 0 spiro atoms. The van der Waals surface area contributed by atoms with Crippen molar-refractivity contribution in [2.45, 2.75) is 30.2 Å². The third-order valence-corrected chi connectivity index (χ3v) is 3.70. The topological polar surface area (TPSA) is 80.9 Å². The second-order valence-electron chi connectivity index (χ2n) is 3.94. The highest BCUT2D eigenvalue weighted by Crippen LogP contribution is 2.25. The lowest BCUT2D eigenvalue weighted by Gasteiger charge is -2.10. The summed E-state index contributed by atoms with van der Waals surface area (Å²) in [5, 5.41) is 20.5. The Labute approximate surface area is 114 Å². The Morgan fingerprint density at radius 3 is 2.79 bits per heavy atom. The highest BCUT2D eigenvalue weighted by molar-refractivity contribution is 8.00. The molecular weight excluding hydrogens is 264 g/mol. The van der Waals surface area contributed by atoms with E-state index in [1.807, 2.05) is 37.3 Å². The van der Waals surface area contributed by atoms with Crippen LogP contribution in [0.4, 0.5) is 0 Å². The lowest BCUT2D eigenvalue weighted by Crippen LogP contribution is -2.17. The van der Waals surface area contributed by atoms with Gasteiger partial charge in [0.1, 0.15) is 5.25 Å². The Hall–Kier alpha value is -1.89. The number of carboxylic acid groups (broad SMARTS) is 1. The molecule has 0 bridgehead atoms. The summed E-state index contributed by atoms with van der Waals surface area (Å²) in [7, 11) is 0. The maximum atomic E-state index is 11.2. The van der Waals surface area contributed by atoms with Crippen molar-refractivity contribution in [3.63, 3.8) is 0 Å². The fourth-order valence-electron chi connectivity index (χ4n) is 1.61. The summed E-state index contributed by atoms with van der Waals surface area (Å²) in [5.41, 5.74) is 0.815. The molecule has 0 aliphatic rings. The van der Waals surface area contributed by atoms with Gasteiger partial charge in [0.2, 0.25) is 5.16 Å². The van der Waals surface area contributed by atoms with Gasteiger partial charge < -0.3 is 5.11 Å². The molecule has 6 nitrogen and oxygen atoms in total. The third-order valence-electron chi connectivity index (χ3n) is 2.52. The van der Waals surface area contributed by atoms with Crippen LogP contribution < -0.4 is 0 Å². The molecule has 0 aliphatic carbocycles. The zero-order valence-corrected chi connectivity index (χ0v) is 11.2. The van der Waals surface area contributed by atoms with Crippen molar-refractivity contribution in [1.82, 2.24) is 20.2 Å². The van der Waals surface area contributed by atoms with Crippen LogP contribution in [0.3, 0.4) is 0 Å². The van der Waals surface area contributed by atoms with Gasteiger partial charge in [-0.3, -0.25) is 4.79 Å². The van der Waals surface area contributed by atoms with Crippen molar-refractivity contribution >= 4 is 17.7 Å². The number of aliphatic carboxylic acids is 1. The molecule has 1 aromatic heterocycles. The molecule has 1 unspecified atom stereocenters. The molecule has 1 N–H and O–H groups in total. The van der Waals surface area contributed by atoms with E-state index in [1.165, 1.54) is 11.8 Å². The second kappa shape index (κ2) is 6.33. The number of para-hydroxylation sites is 1. The van der Waals surface area contributed by atoms with Crippen molar-refractivity contribution in [1.29, 1.82) is 0 Å². The van der Waals surface area contributed by atoms with Crippen LogP contribution in [0.1, 0.15) is 19.8 Å². The largest absolute Gasteiger partial charge is 0.480 e. The number of benzene rings is 1. The molecule has 0 amide bonds. The molecule has 0 aliphatic heterocycles. The Bertz CT molecular complexity index is 544. The second-order valence-corrected chi connectivity index (χ2v) is 5.11. The van der Waals surface area contributed by atoms with Crippen LogP contribution in [0.25, 0.3) is 5.69 Å². The third kappa shape index (κ3) is 3.31. The van der Waals surface area contributed by atoms with Crippen LogP contribution in [-0.4, -0.2) is 36.5 Å². The van der Waals surface area contributed by atoms with Gasteiger partial charge in [-0.05, 0) is 29.0 Å². The van der Waals surface area contributed by atoms with Crippen molar-refractivity contribution in [2.75, 3.05) is 0 Å². The van der Waals surface area contributed by atoms with Crippen molar-refractivity contribution < 1.29 is 9.90 Å². The minimum atomic E-state index is -0.838. The predicted octanol–water partition coefficient (Wildman–Crippen LogP) is 2.01. The Morgan fingerprint density at radius 1 is 1.42 bits per heavy atom. The molecule has 0 fully saturated rings. The highest BCUT2D eigenvalue weighted by Gasteiger charge is 2.21. The number of tetrazole rings is 1. The van der Waals surface area contributed by atoms with E-state index < -0.39 is 11.2 Å². The van der Waals surface area contributed by atoms with Crippen LogP contribution >= 0.6 is 11.8 Å². The van der Waals surface area contributed by atoms with E-state index in [-0.39, 0.29) is 0 Å². The number of carbonyl (C=O) groups is 1. The van der Waals surface area contributed by atoms with Gasteiger partial charge in [-0.2, -0.15) is 4.68 Å². The summed E-state index contributed by atoms with van der Waals surface area (Å²) < 4.78 is 1.55. The number of aromatic nitrogens is 4. The molecule has 2 aromatic rings. The summed E-state index contributed by atoms with van der Waals surface area (Å²) in [6, 6.07) is 9.40. The molecule has 0 saturated heterocycles. The zero-order valence-electron chi connectivity index (χ0n) is 10.4. The molecule has 1 aromatic carbocycles. The summed E-state index contributed by atoms with van der Waals surface area (Å²) in [5.74, 6) is -0.838. The standard InChI is InChI=1S/C12H14N4O2S/c1-2-6-10(11(17)18)19-12-13-14-15-16(12)9-7-4-3-5-8-9/h3-5,7-8,10H,2,6H2,1H3,(H,17,18). The predicted molar refractivity (Wildman–Crippen MR) is 71.3 cm³/mol. The number of hydrogen-bond acceptors (Lipinski definition) is 5. The number of carboxylic acids is 1. The van der Waals surface area contributed by atoms with Gasteiger partial charge >= 0.3 is 5.97 Å². The summed E-state index contributed by atoms with van der Waals surface area (Å²) in [6.45, 7) is 1.96. The van der Waals surface area contributed by atoms with Gasteiger partial charge in [0, 0.05) is 0 Å². The van der Waals surface area contributed by atoms with E-state index in [9.17, 15) is 4.79 Å². The SMILES string of the molecule is CCCC(Sc1nnnn1-c1ccccc1)C(=O)O. The van der Waals surface area contributed by atoms with E-state index in [0.717, 1.165) is 12.1 Å². The summed E-state index contributed by atoms with van der Waals surface area (Å²) in [6.07, 6.45) is 1.39. The molecule has 7 heteroatoms. The molecule has 1 heterocycles. The molecule has 2 rings (SSSR count). The molecule has 1 atom stereocenters. The molecule has 100 valence electrons. The normalized spacial score (nSPS) is 12.3. The monoisotopic (exact) mass is 278 g/mol. The maximum absolute atomic E-state index is 11.2. The number of hydrogen-bond donors (Lipinski definition) is 1. The highest BCUT2D eigenvalue weighted by atomic mass is 32.2. The number of nitrogens with zero attached hydrogens (tertiary/aromatic N) is 4. The van der Waals surface area contributed by atoms with E-state index in [2.05, 4.69) is 15.5 Å². The first kappa shape index (κ1) is 13.5. The van der Waals surface area contributed by atoms with E-state index in [4.69, 9.17) is 5.11 Å². The molecule has 0 saturated carbocycles. The smallest absolute Gasteiger partial charge is 0.317 e. The van der Waals surface area contributed by atoms with Crippen LogP contribution in [0.5, 0.6) is 0 Å². The number of rotatable bonds is 6. The molecule has 0 radical (unpaired) electrons. The van der Waals surface area contributed by atoms with E-state index in [0.29, 0.717) is 11.6 Å². The number of thioether (sulfide) groups is 1.